The van der Waals surface area contributed by atoms with E-state index in [2.05, 4.69) is 19.8 Å². The van der Waals surface area contributed by atoms with Crippen LogP contribution in [0.2, 0.25) is 0 Å². The molecule has 0 aromatic heterocycles. The van der Waals surface area contributed by atoms with Crippen molar-refractivity contribution in [1.82, 2.24) is 15.3 Å². The average molecular weight is 160 g/mol. The van der Waals surface area contributed by atoms with E-state index in [0.717, 1.165) is 26.2 Å². The van der Waals surface area contributed by atoms with Crippen LogP contribution in [-0.4, -0.2) is 37.1 Å². The van der Waals surface area contributed by atoms with E-state index in [0.29, 0.717) is 0 Å². The molecule has 0 bridgehead atoms. The fraction of sp³-hybridized carbons (Fsp3) is 0.800. The third-order valence-corrected chi connectivity index (χ3v) is 1.73. The Morgan fingerprint density at radius 1 is 1.50 bits per heavy atom. The summed E-state index contributed by atoms with van der Waals surface area (Å²) in [7, 11) is 2.93. The SMILES string of the molecule is O=C(N[PH])N1CCNCC1. The molecule has 0 unspecified atom stereocenters. The number of urea groups is 1. The summed E-state index contributed by atoms with van der Waals surface area (Å²) in [6.45, 7) is 3.35. The maximum Gasteiger partial charge on any atom is 0.320 e. The van der Waals surface area contributed by atoms with Crippen molar-refractivity contribution in [2.45, 2.75) is 0 Å². The number of carbonyl (C=O) groups is 1. The van der Waals surface area contributed by atoms with Gasteiger partial charge in [0.15, 0.2) is 0 Å². The van der Waals surface area contributed by atoms with E-state index in [-0.39, 0.29) is 6.03 Å². The molecule has 0 aliphatic carbocycles. The summed E-state index contributed by atoms with van der Waals surface area (Å²) in [5.41, 5.74) is 0. The van der Waals surface area contributed by atoms with Gasteiger partial charge in [0.1, 0.15) is 0 Å². The first-order chi connectivity index (χ1) is 4.84. The van der Waals surface area contributed by atoms with Crippen molar-refractivity contribution in [3.8, 4) is 0 Å². The number of nitrogens with zero attached hydrogens (tertiary/aromatic N) is 1. The fourth-order valence-corrected chi connectivity index (χ4v) is 1.11. The quantitative estimate of drug-likeness (QED) is 0.476. The van der Waals surface area contributed by atoms with Gasteiger partial charge in [-0.3, -0.25) is 0 Å². The molecule has 1 heterocycles. The minimum atomic E-state index is -0.0573. The molecular formula is C5H11N3OP. The lowest BCUT2D eigenvalue weighted by atomic mass is 10.4. The Morgan fingerprint density at radius 3 is 2.60 bits per heavy atom. The maximum atomic E-state index is 10.9. The van der Waals surface area contributed by atoms with E-state index in [1.165, 1.54) is 0 Å². The smallest absolute Gasteiger partial charge is 0.320 e. The summed E-state index contributed by atoms with van der Waals surface area (Å²) in [6, 6.07) is -0.0573. The largest absolute Gasteiger partial charge is 0.322 e. The molecule has 1 fully saturated rings. The Kier molecular flexibility index (Phi) is 2.90. The zero-order valence-electron chi connectivity index (χ0n) is 5.68. The molecule has 1 radical (unpaired) electrons. The number of rotatable bonds is 0. The second-order valence-electron chi connectivity index (χ2n) is 2.17. The standard InChI is InChI=1S/C5H11N3OP/c9-5(7-10)8-3-1-6-2-4-8/h6,10H,1-4H2,(H,7,9). The van der Waals surface area contributed by atoms with Crippen LogP contribution in [0.5, 0.6) is 0 Å². The molecule has 1 rings (SSSR count). The highest BCUT2D eigenvalue weighted by atomic mass is 31.0. The van der Waals surface area contributed by atoms with Crippen LogP contribution in [0.3, 0.4) is 0 Å². The molecule has 0 atom stereocenters. The Bertz CT molecular complexity index is 124. The van der Waals surface area contributed by atoms with Crippen LogP contribution >= 0.6 is 9.39 Å². The van der Waals surface area contributed by atoms with E-state index in [1.54, 1.807) is 4.90 Å². The lowest BCUT2D eigenvalue weighted by Gasteiger charge is -2.26. The van der Waals surface area contributed by atoms with Crippen LogP contribution in [0.4, 0.5) is 4.79 Å². The highest BCUT2D eigenvalue weighted by Crippen LogP contribution is 1.92. The molecule has 4 nitrogen and oxygen atoms in total. The van der Waals surface area contributed by atoms with Gasteiger partial charge in [0.25, 0.3) is 0 Å². The van der Waals surface area contributed by atoms with Crippen LogP contribution < -0.4 is 10.4 Å². The first kappa shape index (κ1) is 7.76. The van der Waals surface area contributed by atoms with Crippen molar-refractivity contribution < 1.29 is 4.79 Å². The second kappa shape index (κ2) is 3.74. The number of hydrogen-bond donors (Lipinski definition) is 2. The zero-order valence-corrected chi connectivity index (χ0v) is 6.68. The summed E-state index contributed by atoms with van der Waals surface area (Å²) in [5.74, 6) is 0. The highest BCUT2D eigenvalue weighted by molar-refractivity contribution is 7.15. The van der Waals surface area contributed by atoms with Gasteiger partial charge in [-0.25, -0.2) is 4.79 Å². The molecular weight excluding hydrogens is 149 g/mol. The van der Waals surface area contributed by atoms with Crippen LogP contribution in [0.1, 0.15) is 0 Å². The van der Waals surface area contributed by atoms with Gasteiger partial charge in [-0.1, -0.05) is 0 Å². The molecule has 57 valence electrons. The zero-order chi connectivity index (χ0) is 7.40. The first-order valence-electron chi connectivity index (χ1n) is 3.27. The van der Waals surface area contributed by atoms with Gasteiger partial charge in [0.2, 0.25) is 0 Å². The van der Waals surface area contributed by atoms with Gasteiger partial charge in [-0.2, -0.15) is 0 Å². The van der Waals surface area contributed by atoms with Crippen molar-refractivity contribution >= 4 is 15.4 Å². The summed E-state index contributed by atoms with van der Waals surface area (Å²) in [4.78, 5) is 12.7. The maximum absolute atomic E-state index is 10.9. The monoisotopic (exact) mass is 160 g/mol. The van der Waals surface area contributed by atoms with Crippen molar-refractivity contribution in [3.63, 3.8) is 0 Å². The van der Waals surface area contributed by atoms with Crippen LogP contribution in [0, 0.1) is 0 Å². The van der Waals surface area contributed by atoms with E-state index >= 15 is 0 Å². The van der Waals surface area contributed by atoms with E-state index in [4.69, 9.17) is 0 Å². The Hall–Kier alpha value is -0.340. The molecule has 2 N–H and O–H groups in total. The minimum Gasteiger partial charge on any atom is -0.322 e. The van der Waals surface area contributed by atoms with Gasteiger partial charge in [0, 0.05) is 35.6 Å². The number of carbonyl (C=O) groups excluding carboxylic acids is 1. The summed E-state index contributed by atoms with van der Waals surface area (Å²) < 4.78 is 0. The molecule has 1 aliphatic rings. The summed E-state index contributed by atoms with van der Waals surface area (Å²) >= 11 is 0. The van der Waals surface area contributed by atoms with Crippen molar-refractivity contribution in [2.24, 2.45) is 0 Å². The second-order valence-corrected chi connectivity index (χ2v) is 2.42. The lowest BCUT2D eigenvalue weighted by Crippen LogP contribution is -2.48. The van der Waals surface area contributed by atoms with Crippen LogP contribution in [-0.2, 0) is 0 Å². The third-order valence-electron chi connectivity index (χ3n) is 1.51. The number of nitrogens with one attached hydrogen (secondary N) is 2. The molecule has 0 aromatic carbocycles. The number of amides is 2. The minimum absolute atomic E-state index is 0.0573. The lowest BCUT2D eigenvalue weighted by molar-refractivity contribution is 0.196. The Morgan fingerprint density at radius 2 is 2.10 bits per heavy atom. The predicted octanol–water partition coefficient (Wildman–Crippen LogP) is -0.341. The molecule has 0 spiro atoms. The number of piperazine rings is 1. The summed E-state index contributed by atoms with van der Waals surface area (Å²) in [6.07, 6.45) is 0. The van der Waals surface area contributed by atoms with Gasteiger partial charge in [-0.15, -0.1) is 0 Å². The average Bonchev–Trinajstić information content (AvgIpc) is 2.05. The van der Waals surface area contributed by atoms with Crippen LogP contribution in [0.15, 0.2) is 0 Å². The van der Waals surface area contributed by atoms with E-state index in [9.17, 15) is 4.79 Å². The third kappa shape index (κ3) is 1.82. The molecule has 0 saturated carbocycles. The molecule has 2 amide bonds. The van der Waals surface area contributed by atoms with Gasteiger partial charge in [-0.05, 0) is 0 Å². The van der Waals surface area contributed by atoms with Crippen molar-refractivity contribution in [3.05, 3.63) is 0 Å². The molecule has 10 heavy (non-hydrogen) atoms. The normalized spacial score (nSPS) is 18.7. The predicted molar refractivity (Wildman–Crippen MR) is 41.3 cm³/mol. The topological polar surface area (TPSA) is 44.4 Å². The Labute approximate surface area is 62.6 Å². The van der Waals surface area contributed by atoms with Gasteiger partial charge < -0.3 is 15.3 Å². The fourth-order valence-electron chi connectivity index (χ4n) is 0.947. The van der Waals surface area contributed by atoms with Gasteiger partial charge in [0.05, 0.1) is 0 Å². The number of hydrogen-bond acceptors (Lipinski definition) is 2. The van der Waals surface area contributed by atoms with Crippen molar-refractivity contribution in [2.75, 3.05) is 26.2 Å². The first-order valence-corrected chi connectivity index (χ1v) is 3.77. The molecule has 5 heteroatoms. The molecule has 1 aliphatic heterocycles. The highest BCUT2D eigenvalue weighted by Gasteiger charge is 2.13. The van der Waals surface area contributed by atoms with E-state index in [1.807, 2.05) is 0 Å². The Balaban J connectivity index is 2.31. The van der Waals surface area contributed by atoms with Crippen LogP contribution in [0.25, 0.3) is 0 Å². The van der Waals surface area contributed by atoms with Crippen molar-refractivity contribution in [1.29, 1.82) is 0 Å². The summed E-state index contributed by atoms with van der Waals surface area (Å²) in [5, 5.41) is 5.56. The molecule has 0 aromatic rings. The van der Waals surface area contributed by atoms with E-state index < -0.39 is 0 Å². The molecule has 1 saturated heterocycles. The van der Waals surface area contributed by atoms with Gasteiger partial charge >= 0.3 is 6.03 Å².